The minimum absolute atomic E-state index is 0.0324. The molecular formula is C20H26FN3O4. The van der Waals surface area contributed by atoms with Gasteiger partial charge in [-0.1, -0.05) is 13.3 Å². The molecule has 2 atom stereocenters. The molecule has 2 aliphatic rings. The standard InChI is InChI=1S/C20H26FN3O4/c1-3-4-15-12-23(19(26)14-10-18(25)22-11-14)7-8-24(15)20(27)13-5-6-16(21)17(9-13)28-2/h5-6,9,14-15H,3-4,7-8,10-12H2,1-2H3,(H,22,25). The van der Waals surface area contributed by atoms with Crippen molar-refractivity contribution in [3.63, 3.8) is 0 Å². The summed E-state index contributed by atoms with van der Waals surface area (Å²) in [5, 5.41) is 2.70. The second kappa shape index (κ2) is 8.58. The fourth-order valence-electron chi connectivity index (χ4n) is 3.90. The second-order valence-corrected chi connectivity index (χ2v) is 7.28. The molecule has 3 rings (SSSR count). The Bertz CT molecular complexity index is 770. The van der Waals surface area contributed by atoms with Crippen LogP contribution < -0.4 is 10.1 Å². The molecule has 152 valence electrons. The molecule has 2 aliphatic heterocycles. The van der Waals surface area contributed by atoms with Crippen LogP contribution in [0.3, 0.4) is 0 Å². The Morgan fingerprint density at radius 1 is 1.32 bits per heavy atom. The van der Waals surface area contributed by atoms with Gasteiger partial charge in [-0.05, 0) is 24.6 Å². The van der Waals surface area contributed by atoms with Crippen molar-refractivity contribution in [3.8, 4) is 5.75 Å². The summed E-state index contributed by atoms with van der Waals surface area (Å²) in [6.07, 6.45) is 1.86. The predicted molar refractivity (Wildman–Crippen MR) is 100 cm³/mol. The number of nitrogens with zero attached hydrogens (tertiary/aromatic N) is 2. The third kappa shape index (κ3) is 4.10. The number of carbonyl (C=O) groups is 3. The number of ether oxygens (including phenoxy) is 1. The van der Waals surface area contributed by atoms with Crippen LogP contribution in [0, 0.1) is 11.7 Å². The number of hydrogen-bond donors (Lipinski definition) is 1. The zero-order chi connectivity index (χ0) is 20.3. The fraction of sp³-hybridized carbons (Fsp3) is 0.550. The summed E-state index contributed by atoms with van der Waals surface area (Å²) in [6.45, 7) is 3.69. The van der Waals surface area contributed by atoms with E-state index in [1.165, 1.54) is 25.3 Å². The molecule has 1 N–H and O–H groups in total. The van der Waals surface area contributed by atoms with Gasteiger partial charge in [0.1, 0.15) is 0 Å². The number of carbonyl (C=O) groups excluding carboxylic acids is 3. The molecule has 2 unspecified atom stereocenters. The van der Waals surface area contributed by atoms with Gasteiger partial charge >= 0.3 is 0 Å². The lowest BCUT2D eigenvalue weighted by atomic mass is 10.0. The van der Waals surface area contributed by atoms with Crippen molar-refractivity contribution in [1.29, 1.82) is 0 Å². The van der Waals surface area contributed by atoms with E-state index in [0.29, 0.717) is 31.7 Å². The van der Waals surface area contributed by atoms with Crippen LogP contribution >= 0.6 is 0 Å². The molecule has 3 amide bonds. The van der Waals surface area contributed by atoms with Crippen molar-refractivity contribution in [2.45, 2.75) is 32.2 Å². The molecule has 2 saturated heterocycles. The normalized spacial score (nSPS) is 22.2. The first-order valence-electron chi connectivity index (χ1n) is 9.64. The van der Waals surface area contributed by atoms with Gasteiger partial charge in [0.2, 0.25) is 11.8 Å². The van der Waals surface area contributed by atoms with Crippen LogP contribution in [-0.2, 0) is 9.59 Å². The van der Waals surface area contributed by atoms with E-state index in [9.17, 15) is 18.8 Å². The third-order valence-electron chi connectivity index (χ3n) is 5.40. The summed E-state index contributed by atoms with van der Waals surface area (Å²) in [4.78, 5) is 40.7. The van der Waals surface area contributed by atoms with Crippen LogP contribution in [0.2, 0.25) is 0 Å². The third-order valence-corrected chi connectivity index (χ3v) is 5.40. The molecule has 0 radical (unpaired) electrons. The zero-order valence-corrected chi connectivity index (χ0v) is 16.2. The number of piperazine rings is 1. The Morgan fingerprint density at radius 2 is 2.11 bits per heavy atom. The lowest BCUT2D eigenvalue weighted by Crippen LogP contribution is -2.57. The quantitative estimate of drug-likeness (QED) is 0.824. The number of rotatable bonds is 5. The van der Waals surface area contributed by atoms with Crippen molar-refractivity contribution in [1.82, 2.24) is 15.1 Å². The van der Waals surface area contributed by atoms with Crippen molar-refractivity contribution in [2.24, 2.45) is 5.92 Å². The largest absolute Gasteiger partial charge is 0.494 e. The topological polar surface area (TPSA) is 79.0 Å². The molecule has 28 heavy (non-hydrogen) atoms. The SMILES string of the molecule is CCCC1CN(C(=O)C2CNC(=O)C2)CCN1C(=O)c1ccc(F)c(OC)c1. The van der Waals surface area contributed by atoms with Crippen LogP contribution in [0.1, 0.15) is 36.5 Å². The molecule has 0 spiro atoms. The Balaban J connectivity index is 1.73. The van der Waals surface area contributed by atoms with Gasteiger partial charge in [0.05, 0.1) is 13.0 Å². The maximum absolute atomic E-state index is 13.7. The molecular weight excluding hydrogens is 365 g/mol. The highest BCUT2D eigenvalue weighted by Crippen LogP contribution is 2.24. The minimum Gasteiger partial charge on any atom is -0.494 e. The molecule has 8 heteroatoms. The lowest BCUT2D eigenvalue weighted by molar-refractivity contribution is -0.138. The summed E-state index contributed by atoms with van der Waals surface area (Å²) in [6, 6.07) is 3.98. The highest BCUT2D eigenvalue weighted by Gasteiger charge is 2.37. The molecule has 2 heterocycles. The highest BCUT2D eigenvalue weighted by molar-refractivity contribution is 5.95. The maximum Gasteiger partial charge on any atom is 0.254 e. The Labute approximate surface area is 163 Å². The van der Waals surface area contributed by atoms with E-state index in [0.717, 1.165) is 12.8 Å². The van der Waals surface area contributed by atoms with Crippen LogP contribution in [0.15, 0.2) is 18.2 Å². The number of halogens is 1. The van der Waals surface area contributed by atoms with Gasteiger partial charge in [-0.3, -0.25) is 14.4 Å². The highest BCUT2D eigenvalue weighted by atomic mass is 19.1. The van der Waals surface area contributed by atoms with Gasteiger partial charge in [0.15, 0.2) is 11.6 Å². The number of nitrogens with one attached hydrogen (secondary N) is 1. The molecule has 7 nitrogen and oxygen atoms in total. The number of benzene rings is 1. The van der Waals surface area contributed by atoms with Crippen molar-refractivity contribution in [3.05, 3.63) is 29.6 Å². The predicted octanol–water partition coefficient (Wildman–Crippen LogP) is 1.42. The molecule has 0 aliphatic carbocycles. The Kier molecular flexibility index (Phi) is 6.16. The number of amides is 3. The van der Waals surface area contributed by atoms with E-state index < -0.39 is 5.82 Å². The Morgan fingerprint density at radius 3 is 2.75 bits per heavy atom. The van der Waals surface area contributed by atoms with Crippen LogP contribution in [0.4, 0.5) is 4.39 Å². The molecule has 1 aromatic carbocycles. The number of hydrogen-bond acceptors (Lipinski definition) is 4. The second-order valence-electron chi connectivity index (χ2n) is 7.28. The first-order chi connectivity index (χ1) is 13.4. The molecule has 0 saturated carbocycles. The van der Waals surface area contributed by atoms with Crippen molar-refractivity contribution < 1.29 is 23.5 Å². The summed E-state index contributed by atoms with van der Waals surface area (Å²) in [7, 11) is 1.36. The first kappa shape index (κ1) is 20.1. The maximum atomic E-state index is 13.7. The van der Waals surface area contributed by atoms with E-state index in [2.05, 4.69) is 5.32 Å². The fourth-order valence-corrected chi connectivity index (χ4v) is 3.90. The van der Waals surface area contributed by atoms with E-state index in [1.807, 2.05) is 6.92 Å². The van der Waals surface area contributed by atoms with Gasteiger partial charge in [0, 0.05) is 44.2 Å². The van der Waals surface area contributed by atoms with Crippen LogP contribution in [-0.4, -0.2) is 66.9 Å². The Hall–Kier alpha value is -2.64. The molecule has 0 bridgehead atoms. The summed E-state index contributed by atoms with van der Waals surface area (Å²) < 4.78 is 18.6. The zero-order valence-electron chi connectivity index (χ0n) is 16.2. The molecule has 2 fully saturated rings. The monoisotopic (exact) mass is 391 g/mol. The lowest BCUT2D eigenvalue weighted by Gasteiger charge is -2.42. The summed E-state index contributed by atoms with van der Waals surface area (Å²) in [5.74, 6) is -1.12. The summed E-state index contributed by atoms with van der Waals surface area (Å²) >= 11 is 0. The average molecular weight is 391 g/mol. The number of methoxy groups -OCH3 is 1. The average Bonchev–Trinajstić information content (AvgIpc) is 3.14. The van der Waals surface area contributed by atoms with E-state index in [1.54, 1.807) is 9.80 Å². The van der Waals surface area contributed by atoms with Crippen molar-refractivity contribution in [2.75, 3.05) is 33.3 Å². The van der Waals surface area contributed by atoms with Crippen LogP contribution in [0.25, 0.3) is 0 Å². The van der Waals surface area contributed by atoms with Gasteiger partial charge in [-0.25, -0.2) is 4.39 Å². The first-order valence-corrected chi connectivity index (χ1v) is 9.64. The van der Waals surface area contributed by atoms with Crippen molar-refractivity contribution >= 4 is 17.7 Å². The van der Waals surface area contributed by atoms with Gasteiger partial charge in [0.25, 0.3) is 5.91 Å². The molecule has 1 aromatic rings. The smallest absolute Gasteiger partial charge is 0.254 e. The van der Waals surface area contributed by atoms with E-state index in [4.69, 9.17) is 4.74 Å². The van der Waals surface area contributed by atoms with E-state index >= 15 is 0 Å². The van der Waals surface area contributed by atoms with Gasteiger partial charge in [-0.15, -0.1) is 0 Å². The van der Waals surface area contributed by atoms with E-state index in [-0.39, 0.29) is 41.9 Å². The minimum atomic E-state index is -0.515. The van der Waals surface area contributed by atoms with Crippen LogP contribution in [0.5, 0.6) is 5.75 Å². The van der Waals surface area contributed by atoms with Gasteiger partial charge < -0.3 is 19.9 Å². The van der Waals surface area contributed by atoms with Gasteiger partial charge in [-0.2, -0.15) is 0 Å². The molecule has 0 aromatic heterocycles. The summed E-state index contributed by atoms with van der Waals surface area (Å²) in [5.41, 5.74) is 0.365.